The number of pyridine rings is 1. The van der Waals surface area contributed by atoms with Crippen LogP contribution in [0.2, 0.25) is 5.02 Å². The predicted molar refractivity (Wildman–Crippen MR) is 94.7 cm³/mol. The largest absolute Gasteiger partial charge is 0.462 e. The summed E-state index contributed by atoms with van der Waals surface area (Å²) in [5.41, 5.74) is 1.48. The first-order chi connectivity index (χ1) is 12.3. The number of aromatic nitrogens is 2. The fraction of sp³-hybridized carbons (Fsp3) is 0.333. The highest BCUT2D eigenvalue weighted by molar-refractivity contribution is 6.30. The molecule has 0 radical (unpaired) electrons. The molecule has 0 aliphatic heterocycles. The molecule has 1 atom stereocenters. The van der Waals surface area contributed by atoms with Crippen LogP contribution >= 0.6 is 11.6 Å². The Bertz CT molecular complexity index is 859. The molecular weight excluding hydrogens is 360 g/mol. The van der Waals surface area contributed by atoms with E-state index in [0.717, 1.165) is 0 Å². The number of ether oxygens (including phenoxy) is 2. The number of hydrogen-bond donors (Lipinski definition) is 1. The van der Waals surface area contributed by atoms with Gasteiger partial charge in [-0.2, -0.15) is 0 Å². The van der Waals surface area contributed by atoms with Gasteiger partial charge >= 0.3 is 11.9 Å². The summed E-state index contributed by atoms with van der Waals surface area (Å²) in [7, 11) is 0. The summed E-state index contributed by atoms with van der Waals surface area (Å²) in [6.07, 6.45) is 0.297. The summed E-state index contributed by atoms with van der Waals surface area (Å²) in [5.74, 6) is -1.73. The Kier molecular flexibility index (Phi) is 6.15. The number of nitrogens with zero attached hydrogens (tertiary/aromatic N) is 1. The number of halogens is 1. The van der Waals surface area contributed by atoms with Crippen LogP contribution in [0.15, 0.2) is 18.3 Å². The number of ketones is 1. The lowest BCUT2D eigenvalue weighted by molar-refractivity contribution is 0.0311. The Labute approximate surface area is 155 Å². The molecule has 0 amide bonds. The summed E-state index contributed by atoms with van der Waals surface area (Å²) in [5, 5.41) is 0.334. The van der Waals surface area contributed by atoms with Crippen molar-refractivity contribution in [1.82, 2.24) is 9.97 Å². The van der Waals surface area contributed by atoms with Gasteiger partial charge in [-0.15, -0.1) is 0 Å². The molecule has 0 saturated carbocycles. The summed E-state index contributed by atoms with van der Waals surface area (Å²) in [6.45, 7) is 6.68. The molecule has 2 aromatic heterocycles. The lowest BCUT2D eigenvalue weighted by atomic mass is 10.1. The van der Waals surface area contributed by atoms with E-state index in [1.54, 1.807) is 20.8 Å². The number of rotatable bonds is 6. The van der Waals surface area contributed by atoms with Gasteiger partial charge in [0.15, 0.2) is 6.10 Å². The number of carbonyl (C=O) groups is 3. The van der Waals surface area contributed by atoms with E-state index in [9.17, 15) is 14.4 Å². The normalized spacial score (nSPS) is 11.7. The van der Waals surface area contributed by atoms with Crippen LogP contribution in [0.5, 0.6) is 0 Å². The molecule has 138 valence electrons. The highest BCUT2D eigenvalue weighted by Crippen LogP contribution is 2.21. The zero-order valence-corrected chi connectivity index (χ0v) is 15.6. The van der Waals surface area contributed by atoms with E-state index in [2.05, 4.69) is 9.97 Å². The summed E-state index contributed by atoms with van der Waals surface area (Å²) >= 11 is 5.82. The van der Waals surface area contributed by atoms with E-state index in [-0.39, 0.29) is 18.0 Å². The van der Waals surface area contributed by atoms with E-state index < -0.39 is 23.8 Å². The Hall–Kier alpha value is -2.67. The molecule has 0 aromatic carbocycles. The average Bonchev–Trinajstić information content (AvgIpc) is 2.88. The van der Waals surface area contributed by atoms with Crippen LogP contribution in [0.25, 0.3) is 0 Å². The van der Waals surface area contributed by atoms with Crippen molar-refractivity contribution in [2.24, 2.45) is 0 Å². The van der Waals surface area contributed by atoms with Gasteiger partial charge in [-0.3, -0.25) is 4.79 Å². The topological polar surface area (TPSA) is 98.4 Å². The quantitative estimate of drug-likeness (QED) is 0.611. The zero-order valence-electron chi connectivity index (χ0n) is 14.9. The van der Waals surface area contributed by atoms with E-state index in [1.165, 1.54) is 25.3 Å². The Morgan fingerprint density at radius 1 is 1.27 bits per heavy atom. The number of Topliss-reactive ketones (excluding diaryl/α,β-unsaturated/α-hetero) is 1. The average molecular weight is 379 g/mol. The monoisotopic (exact) mass is 378 g/mol. The van der Waals surface area contributed by atoms with Crippen molar-refractivity contribution in [3.63, 3.8) is 0 Å². The van der Waals surface area contributed by atoms with Crippen LogP contribution in [-0.2, 0) is 9.47 Å². The number of aryl methyl sites for hydroxylation is 1. The fourth-order valence-corrected chi connectivity index (χ4v) is 2.66. The first-order valence-electron chi connectivity index (χ1n) is 7.99. The third-order valence-corrected chi connectivity index (χ3v) is 3.98. The van der Waals surface area contributed by atoms with Crippen molar-refractivity contribution in [2.45, 2.75) is 33.8 Å². The van der Waals surface area contributed by atoms with Gasteiger partial charge in [0.25, 0.3) is 0 Å². The minimum absolute atomic E-state index is 0.00347. The molecule has 8 heteroatoms. The van der Waals surface area contributed by atoms with Crippen molar-refractivity contribution >= 4 is 29.3 Å². The molecule has 26 heavy (non-hydrogen) atoms. The highest BCUT2D eigenvalue weighted by atomic mass is 35.5. The molecule has 2 aromatic rings. The lowest BCUT2D eigenvalue weighted by Crippen LogP contribution is -2.25. The maximum Gasteiger partial charge on any atom is 0.357 e. The van der Waals surface area contributed by atoms with Crippen molar-refractivity contribution in [3.8, 4) is 0 Å². The molecule has 0 fully saturated rings. The fourth-order valence-electron chi connectivity index (χ4n) is 2.50. The first-order valence-corrected chi connectivity index (χ1v) is 8.37. The summed E-state index contributed by atoms with van der Waals surface area (Å²) < 4.78 is 10.2. The van der Waals surface area contributed by atoms with Crippen LogP contribution < -0.4 is 0 Å². The summed E-state index contributed by atoms with van der Waals surface area (Å²) in [6, 6.07) is 2.87. The van der Waals surface area contributed by atoms with Crippen LogP contribution in [-0.4, -0.2) is 40.4 Å². The third kappa shape index (κ3) is 4.11. The van der Waals surface area contributed by atoms with Gasteiger partial charge in [0.1, 0.15) is 5.69 Å². The first kappa shape index (κ1) is 19.7. The maximum absolute atomic E-state index is 12.6. The number of esters is 2. The second-order valence-corrected chi connectivity index (χ2v) is 6.05. The smallest absolute Gasteiger partial charge is 0.357 e. The van der Waals surface area contributed by atoms with Crippen LogP contribution in [0.3, 0.4) is 0 Å². The second-order valence-electron chi connectivity index (χ2n) is 5.62. The van der Waals surface area contributed by atoms with E-state index in [1.807, 2.05) is 0 Å². The Balaban J connectivity index is 2.19. The van der Waals surface area contributed by atoms with Crippen molar-refractivity contribution in [2.75, 3.05) is 6.61 Å². The van der Waals surface area contributed by atoms with Crippen LogP contribution in [0.1, 0.15) is 56.4 Å². The molecule has 1 N–H and O–H groups in total. The molecular formula is C18H19ClN2O5. The molecule has 2 heterocycles. The molecule has 0 aliphatic carbocycles. The molecule has 0 aliphatic rings. The molecule has 2 rings (SSSR count). The number of hydrogen-bond acceptors (Lipinski definition) is 6. The third-order valence-electron chi connectivity index (χ3n) is 3.75. The number of H-pyrrole nitrogens is 1. The number of carbonyl (C=O) groups excluding carboxylic acids is 3. The molecule has 0 unspecified atom stereocenters. The van der Waals surface area contributed by atoms with Gasteiger partial charge in [0.2, 0.25) is 5.78 Å². The standard InChI is InChI=1S/C18H19ClN2O5/c1-5-25-18(24)14-9(2)15(21-10(14)3)16(22)11(4)26-17(23)13-8-12(19)6-7-20-13/h6-8,11,21H,5H2,1-4H3/t11-/m1/s1. The molecule has 0 saturated heterocycles. The Morgan fingerprint density at radius 2 is 1.96 bits per heavy atom. The number of nitrogens with one attached hydrogen (secondary N) is 1. The molecule has 0 spiro atoms. The van der Waals surface area contributed by atoms with E-state index >= 15 is 0 Å². The van der Waals surface area contributed by atoms with Crippen LogP contribution in [0, 0.1) is 13.8 Å². The van der Waals surface area contributed by atoms with Gasteiger partial charge in [-0.25, -0.2) is 14.6 Å². The van der Waals surface area contributed by atoms with Gasteiger partial charge in [0.05, 0.1) is 17.9 Å². The van der Waals surface area contributed by atoms with E-state index in [4.69, 9.17) is 21.1 Å². The highest BCUT2D eigenvalue weighted by Gasteiger charge is 2.28. The minimum Gasteiger partial charge on any atom is -0.462 e. The lowest BCUT2D eigenvalue weighted by Gasteiger charge is -2.12. The van der Waals surface area contributed by atoms with Gasteiger partial charge in [0, 0.05) is 16.9 Å². The minimum atomic E-state index is -1.07. The summed E-state index contributed by atoms with van der Waals surface area (Å²) in [4.78, 5) is 43.5. The van der Waals surface area contributed by atoms with Gasteiger partial charge in [-0.1, -0.05) is 11.6 Å². The maximum atomic E-state index is 12.6. The Morgan fingerprint density at radius 3 is 2.58 bits per heavy atom. The van der Waals surface area contributed by atoms with Crippen molar-refractivity contribution in [3.05, 3.63) is 51.6 Å². The molecule has 0 bridgehead atoms. The van der Waals surface area contributed by atoms with Gasteiger partial charge in [-0.05, 0) is 45.4 Å². The second kappa shape index (κ2) is 8.14. The molecule has 7 nitrogen and oxygen atoms in total. The van der Waals surface area contributed by atoms with Crippen LogP contribution in [0.4, 0.5) is 0 Å². The van der Waals surface area contributed by atoms with Crippen molar-refractivity contribution < 1.29 is 23.9 Å². The number of aromatic amines is 1. The SMILES string of the molecule is CCOC(=O)c1c(C)[nH]c(C(=O)[C@@H](C)OC(=O)c2cc(Cl)ccn2)c1C. The predicted octanol–water partition coefficient (Wildman–Crippen LogP) is 3.28. The van der Waals surface area contributed by atoms with Crippen molar-refractivity contribution in [1.29, 1.82) is 0 Å². The zero-order chi connectivity index (χ0) is 19.4. The van der Waals surface area contributed by atoms with Gasteiger partial charge < -0.3 is 14.5 Å². The van der Waals surface area contributed by atoms with E-state index in [0.29, 0.717) is 21.8 Å².